The first-order valence-corrected chi connectivity index (χ1v) is 8.49. The maximum absolute atomic E-state index is 12.4. The molecular weight excluding hydrogens is 363 g/mol. The van der Waals surface area contributed by atoms with Gasteiger partial charge in [0.2, 0.25) is 0 Å². The van der Waals surface area contributed by atoms with E-state index in [2.05, 4.69) is 14.7 Å². The van der Waals surface area contributed by atoms with Crippen molar-refractivity contribution in [3.05, 3.63) is 50.9 Å². The van der Waals surface area contributed by atoms with Gasteiger partial charge in [-0.1, -0.05) is 23.2 Å². The summed E-state index contributed by atoms with van der Waals surface area (Å²) in [5.41, 5.74) is 6.43. The third kappa shape index (κ3) is 3.00. The van der Waals surface area contributed by atoms with Gasteiger partial charge in [0, 0.05) is 0 Å². The fourth-order valence-electron chi connectivity index (χ4n) is 2.04. The van der Waals surface area contributed by atoms with Crippen LogP contribution in [0.5, 0.6) is 0 Å². The Labute approximate surface area is 140 Å². The quantitative estimate of drug-likeness (QED) is 0.527. The van der Waals surface area contributed by atoms with Crippen LogP contribution in [-0.4, -0.2) is 18.4 Å². The van der Waals surface area contributed by atoms with E-state index in [1.54, 1.807) is 0 Å². The molecule has 120 valence electrons. The maximum atomic E-state index is 12.4. The predicted molar refractivity (Wildman–Crippen MR) is 90.6 cm³/mol. The van der Waals surface area contributed by atoms with Gasteiger partial charge in [0.1, 0.15) is 0 Å². The standard InChI is InChI=1S/C13H10Cl2N4O3S/c14-8-3-6(4-9(15)12(8)16)19-23(21,22)7-1-2-10-11(5-7)18-13(20)17-10/h1-5,19H,16H2,(H2,17,18,20). The number of benzene rings is 2. The monoisotopic (exact) mass is 372 g/mol. The molecule has 3 rings (SSSR count). The lowest BCUT2D eigenvalue weighted by atomic mass is 10.3. The molecule has 0 aliphatic carbocycles. The number of hydrogen-bond acceptors (Lipinski definition) is 4. The van der Waals surface area contributed by atoms with Crippen molar-refractivity contribution in [1.29, 1.82) is 0 Å². The van der Waals surface area contributed by atoms with E-state index in [4.69, 9.17) is 28.9 Å². The van der Waals surface area contributed by atoms with Crippen LogP contribution in [0.15, 0.2) is 40.0 Å². The topological polar surface area (TPSA) is 121 Å². The molecule has 10 heteroatoms. The van der Waals surface area contributed by atoms with Gasteiger partial charge in [0.05, 0.1) is 37.3 Å². The molecule has 0 spiro atoms. The Kier molecular flexibility index (Phi) is 3.75. The molecule has 0 amide bonds. The number of anilines is 2. The number of sulfonamides is 1. The van der Waals surface area contributed by atoms with Crippen LogP contribution in [0.2, 0.25) is 10.0 Å². The molecule has 1 aromatic heterocycles. The average Bonchev–Trinajstić information content (AvgIpc) is 2.83. The second-order valence-electron chi connectivity index (χ2n) is 4.75. The van der Waals surface area contributed by atoms with E-state index in [9.17, 15) is 13.2 Å². The highest BCUT2D eigenvalue weighted by molar-refractivity contribution is 7.92. The number of aromatic amines is 2. The molecule has 1 heterocycles. The number of nitrogen functional groups attached to an aromatic ring is 1. The summed E-state index contributed by atoms with van der Waals surface area (Å²) in [5, 5.41) is 0.279. The minimum Gasteiger partial charge on any atom is -0.396 e. The van der Waals surface area contributed by atoms with Crippen LogP contribution in [0.1, 0.15) is 0 Å². The summed E-state index contributed by atoms with van der Waals surface area (Å²) in [5.74, 6) is 0. The number of aromatic nitrogens is 2. The summed E-state index contributed by atoms with van der Waals surface area (Å²) in [6, 6.07) is 6.92. The lowest BCUT2D eigenvalue weighted by Gasteiger charge is -2.10. The average molecular weight is 373 g/mol. The fraction of sp³-hybridized carbons (Fsp3) is 0. The zero-order valence-electron chi connectivity index (χ0n) is 11.4. The molecule has 0 bridgehead atoms. The predicted octanol–water partition coefficient (Wildman–Crippen LogP) is 2.55. The molecule has 5 N–H and O–H groups in total. The van der Waals surface area contributed by atoms with Gasteiger partial charge >= 0.3 is 5.69 Å². The highest BCUT2D eigenvalue weighted by atomic mass is 35.5. The molecule has 0 radical (unpaired) electrons. The number of nitrogens with one attached hydrogen (secondary N) is 3. The summed E-state index contributed by atoms with van der Waals surface area (Å²) >= 11 is 11.8. The highest BCUT2D eigenvalue weighted by Crippen LogP contribution is 2.32. The van der Waals surface area contributed by atoms with Crippen LogP contribution in [0.3, 0.4) is 0 Å². The van der Waals surface area contributed by atoms with E-state index in [1.807, 2.05) is 0 Å². The van der Waals surface area contributed by atoms with Crippen molar-refractivity contribution in [2.24, 2.45) is 0 Å². The van der Waals surface area contributed by atoms with Crippen molar-refractivity contribution in [2.45, 2.75) is 4.90 Å². The van der Waals surface area contributed by atoms with Gasteiger partial charge < -0.3 is 15.7 Å². The Morgan fingerprint density at radius 2 is 1.61 bits per heavy atom. The third-order valence-corrected chi connectivity index (χ3v) is 5.13. The fourth-order valence-corrected chi connectivity index (χ4v) is 3.59. The number of rotatable bonds is 3. The van der Waals surface area contributed by atoms with E-state index in [1.165, 1.54) is 30.3 Å². The van der Waals surface area contributed by atoms with E-state index >= 15 is 0 Å². The normalized spacial score (nSPS) is 11.7. The summed E-state index contributed by atoms with van der Waals surface area (Å²) in [4.78, 5) is 16.2. The van der Waals surface area contributed by atoms with E-state index in [0.717, 1.165) is 0 Å². The maximum Gasteiger partial charge on any atom is 0.323 e. The molecule has 0 atom stereocenters. The first-order valence-electron chi connectivity index (χ1n) is 6.26. The summed E-state index contributed by atoms with van der Waals surface area (Å²) in [6.45, 7) is 0. The molecule has 2 aromatic carbocycles. The molecule has 3 aromatic rings. The molecule has 7 nitrogen and oxygen atoms in total. The molecule has 0 aliphatic heterocycles. The van der Waals surface area contributed by atoms with Gasteiger partial charge in [-0.05, 0) is 30.3 Å². The minimum atomic E-state index is -3.89. The van der Waals surface area contributed by atoms with Gasteiger partial charge in [0.15, 0.2) is 0 Å². The molecule has 0 unspecified atom stereocenters. The largest absolute Gasteiger partial charge is 0.396 e. The summed E-state index contributed by atoms with van der Waals surface area (Å²) in [7, 11) is -3.89. The van der Waals surface area contributed by atoms with Crippen molar-refractivity contribution in [3.8, 4) is 0 Å². The van der Waals surface area contributed by atoms with Crippen LogP contribution in [0, 0.1) is 0 Å². The first kappa shape index (κ1) is 15.7. The lowest BCUT2D eigenvalue weighted by molar-refractivity contribution is 0.601. The van der Waals surface area contributed by atoms with Crippen molar-refractivity contribution in [2.75, 3.05) is 10.5 Å². The van der Waals surface area contributed by atoms with Crippen molar-refractivity contribution in [1.82, 2.24) is 9.97 Å². The highest BCUT2D eigenvalue weighted by Gasteiger charge is 2.17. The number of hydrogen-bond donors (Lipinski definition) is 4. The number of fused-ring (bicyclic) bond motifs is 1. The number of H-pyrrole nitrogens is 2. The lowest BCUT2D eigenvalue weighted by Crippen LogP contribution is -2.13. The van der Waals surface area contributed by atoms with Gasteiger partial charge in [-0.25, -0.2) is 13.2 Å². The Bertz CT molecular complexity index is 1050. The van der Waals surface area contributed by atoms with Gasteiger partial charge in [-0.2, -0.15) is 0 Å². The molecule has 0 aliphatic rings. The van der Waals surface area contributed by atoms with Crippen LogP contribution in [-0.2, 0) is 10.0 Å². The molecule has 0 fully saturated rings. The smallest absolute Gasteiger partial charge is 0.323 e. The number of nitrogens with two attached hydrogens (primary N) is 1. The van der Waals surface area contributed by atoms with E-state index < -0.39 is 15.7 Å². The zero-order chi connectivity index (χ0) is 16.8. The summed E-state index contributed by atoms with van der Waals surface area (Å²) < 4.78 is 27.2. The Morgan fingerprint density at radius 3 is 2.26 bits per heavy atom. The van der Waals surface area contributed by atoms with Crippen LogP contribution in [0.4, 0.5) is 11.4 Å². The second kappa shape index (κ2) is 5.48. The molecule has 0 saturated heterocycles. The van der Waals surface area contributed by atoms with Gasteiger partial charge in [0.25, 0.3) is 10.0 Å². The zero-order valence-corrected chi connectivity index (χ0v) is 13.7. The van der Waals surface area contributed by atoms with E-state index in [0.29, 0.717) is 11.0 Å². The SMILES string of the molecule is Nc1c(Cl)cc(NS(=O)(=O)c2ccc3[nH]c(=O)[nH]c3c2)cc1Cl. The van der Waals surface area contributed by atoms with E-state index in [-0.39, 0.29) is 26.3 Å². The molecule has 23 heavy (non-hydrogen) atoms. The van der Waals surface area contributed by atoms with Crippen LogP contribution >= 0.6 is 23.2 Å². The number of halogens is 2. The first-order chi connectivity index (χ1) is 10.8. The Morgan fingerprint density at radius 1 is 1.00 bits per heavy atom. The van der Waals surface area contributed by atoms with Crippen molar-refractivity contribution in [3.63, 3.8) is 0 Å². The Hall–Kier alpha value is -2.16. The summed E-state index contributed by atoms with van der Waals surface area (Å²) in [6.07, 6.45) is 0. The van der Waals surface area contributed by atoms with Crippen LogP contribution in [0.25, 0.3) is 11.0 Å². The van der Waals surface area contributed by atoms with Gasteiger partial charge in [-0.3, -0.25) is 4.72 Å². The third-order valence-electron chi connectivity index (χ3n) is 3.13. The molecule has 0 saturated carbocycles. The van der Waals surface area contributed by atoms with Crippen molar-refractivity contribution < 1.29 is 8.42 Å². The second-order valence-corrected chi connectivity index (χ2v) is 7.24. The van der Waals surface area contributed by atoms with Gasteiger partial charge in [-0.15, -0.1) is 0 Å². The van der Waals surface area contributed by atoms with Crippen molar-refractivity contribution >= 4 is 55.6 Å². The Balaban J connectivity index is 2.01. The minimum absolute atomic E-state index is 0.0238. The van der Waals surface area contributed by atoms with Crippen LogP contribution < -0.4 is 16.1 Å². The molecular formula is C13H10Cl2N4O3S. The number of imidazole rings is 1.